The molecule has 2 heterocycles. The number of amides is 3. The number of carbonyl (C=O) groups is 2. The van der Waals surface area contributed by atoms with Crippen LogP contribution in [-0.2, 0) is 11.0 Å². The maximum Gasteiger partial charge on any atom is 0.434 e. The third-order valence-corrected chi connectivity index (χ3v) is 4.92. The quantitative estimate of drug-likeness (QED) is 0.730. The van der Waals surface area contributed by atoms with Gasteiger partial charge in [0, 0.05) is 37.2 Å². The average Bonchev–Trinajstić information content (AvgIpc) is 3.13. The van der Waals surface area contributed by atoms with Gasteiger partial charge in [-0.2, -0.15) is 13.2 Å². The molecule has 1 aliphatic rings. The number of halogens is 4. The number of thiazole rings is 1. The van der Waals surface area contributed by atoms with Crippen LogP contribution in [0, 0.1) is 5.82 Å². The molecule has 0 saturated carbocycles. The number of nitrogens with zero attached hydrogens (tertiary/aromatic N) is 3. The summed E-state index contributed by atoms with van der Waals surface area (Å²) in [4.78, 5) is 30.9. The van der Waals surface area contributed by atoms with Crippen LogP contribution in [-0.4, -0.2) is 59.4 Å². The molecule has 3 rings (SSSR count). The monoisotopic (exact) mass is 431 g/mol. The van der Waals surface area contributed by atoms with Crippen LogP contribution < -0.4 is 10.6 Å². The van der Waals surface area contributed by atoms with Crippen LogP contribution >= 0.6 is 11.3 Å². The fourth-order valence-corrected chi connectivity index (χ4v) is 3.38. The van der Waals surface area contributed by atoms with E-state index in [2.05, 4.69) is 15.6 Å². The topological polar surface area (TPSA) is 77.6 Å². The summed E-state index contributed by atoms with van der Waals surface area (Å²) in [7, 11) is 0. The third kappa shape index (κ3) is 5.87. The van der Waals surface area contributed by atoms with E-state index in [-0.39, 0.29) is 17.6 Å². The van der Waals surface area contributed by atoms with Crippen LogP contribution in [0.1, 0.15) is 5.69 Å². The number of anilines is 2. The van der Waals surface area contributed by atoms with Gasteiger partial charge in [0.05, 0.1) is 6.54 Å². The molecule has 0 radical (unpaired) electrons. The maximum absolute atomic E-state index is 12.9. The van der Waals surface area contributed by atoms with Gasteiger partial charge in [-0.05, 0) is 24.3 Å². The lowest BCUT2D eigenvalue weighted by atomic mass is 10.3. The fourth-order valence-electron chi connectivity index (χ4n) is 2.68. The zero-order valence-electron chi connectivity index (χ0n) is 15.0. The van der Waals surface area contributed by atoms with Gasteiger partial charge < -0.3 is 10.2 Å². The van der Waals surface area contributed by atoms with Crippen LogP contribution in [0.5, 0.6) is 0 Å². The molecule has 7 nitrogen and oxygen atoms in total. The Labute approximate surface area is 167 Å². The summed E-state index contributed by atoms with van der Waals surface area (Å²) < 4.78 is 50.6. The molecule has 0 spiro atoms. The van der Waals surface area contributed by atoms with Gasteiger partial charge >= 0.3 is 12.2 Å². The van der Waals surface area contributed by atoms with Gasteiger partial charge in [-0.3, -0.25) is 15.0 Å². The van der Waals surface area contributed by atoms with Crippen molar-refractivity contribution in [2.75, 3.05) is 43.4 Å². The molecule has 29 heavy (non-hydrogen) atoms. The second kappa shape index (κ2) is 8.74. The van der Waals surface area contributed by atoms with E-state index in [0.717, 1.165) is 5.38 Å². The highest BCUT2D eigenvalue weighted by molar-refractivity contribution is 7.13. The molecule has 0 aliphatic carbocycles. The van der Waals surface area contributed by atoms with E-state index in [0.29, 0.717) is 43.2 Å². The Bertz CT molecular complexity index is 863. The Morgan fingerprint density at radius 2 is 1.72 bits per heavy atom. The molecular weight excluding hydrogens is 414 g/mol. The highest BCUT2D eigenvalue weighted by atomic mass is 32.1. The minimum atomic E-state index is -4.56. The summed E-state index contributed by atoms with van der Waals surface area (Å²) in [5.41, 5.74) is -0.564. The number of piperazine rings is 1. The van der Waals surface area contributed by atoms with Crippen molar-refractivity contribution in [3.8, 4) is 0 Å². The Kier molecular flexibility index (Phi) is 6.33. The first-order chi connectivity index (χ1) is 13.7. The van der Waals surface area contributed by atoms with Crippen LogP contribution in [0.4, 0.5) is 33.2 Å². The number of aromatic nitrogens is 1. The summed E-state index contributed by atoms with van der Waals surface area (Å²) in [6, 6.07) is 4.86. The van der Waals surface area contributed by atoms with Crippen molar-refractivity contribution in [3.63, 3.8) is 0 Å². The Hall–Kier alpha value is -2.73. The normalized spacial score (nSPS) is 15.2. The number of hydrogen-bond acceptors (Lipinski definition) is 5. The van der Waals surface area contributed by atoms with Crippen LogP contribution in [0.25, 0.3) is 0 Å². The Balaban J connectivity index is 1.43. The lowest BCUT2D eigenvalue weighted by Gasteiger charge is -2.34. The van der Waals surface area contributed by atoms with Gasteiger partial charge in [-0.1, -0.05) is 0 Å². The van der Waals surface area contributed by atoms with Crippen molar-refractivity contribution in [1.29, 1.82) is 0 Å². The molecule has 0 unspecified atom stereocenters. The van der Waals surface area contributed by atoms with E-state index in [9.17, 15) is 27.2 Å². The van der Waals surface area contributed by atoms with Gasteiger partial charge in [-0.15, -0.1) is 11.3 Å². The first-order valence-corrected chi connectivity index (χ1v) is 9.45. The molecule has 2 N–H and O–H groups in total. The van der Waals surface area contributed by atoms with E-state index in [1.807, 2.05) is 4.90 Å². The summed E-state index contributed by atoms with van der Waals surface area (Å²) in [5.74, 6) is -0.665. The standard InChI is InChI=1S/C17H17F4N5O2S/c18-11-1-3-12(4-2-11)22-14(27)9-25-5-7-26(8-6-25)16(28)24-15-23-13(10-29-15)17(19,20)21/h1-4,10H,5-9H2,(H,22,27)(H,23,24,28). The zero-order valence-corrected chi connectivity index (χ0v) is 15.8. The molecule has 1 saturated heterocycles. The SMILES string of the molecule is O=C(CN1CCN(C(=O)Nc2nc(C(F)(F)F)cs2)CC1)Nc1ccc(F)cc1. The summed E-state index contributed by atoms with van der Waals surface area (Å²) >= 11 is 0.703. The number of hydrogen-bond donors (Lipinski definition) is 2. The highest BCUT2D eigenvalue weighted by Gasteiger charge is 2.34. The molecule has 1 aliphatic heterocycles. The van der Waals surface area contributed by atoms with Gasteiger partial charge in [0.1, 0.15) is 5.82 Å². The van der Waals surface area contributed by atoms with E-state index in [1.54, 1.807) is 0 Å². The molecule has 1 fully saturated rings. The van der Waals surface area contributed by atoms with Gasteiger partial charge in [-0.25, -0.2) is 14.2 Å². The molecular formula is C17H17F4N5O2S. The average molecular weight is 431 g/mol. The lowest BCUT2D eigenvalue weighted by molar-refractivity contribution is -0.140. The highest BCUT2D eigenvalue weighted by Crippen LogP contribution is 2.31. The Morgan fingerprint density at radius 1 is 1.07 bits per heavy atom. The number of alkyl halides is 3. The number of urea groups is 1. The molecule has 1 aromatic carbocycles. The lowest BCUT2D eigenvalue weighted by Crippen LogP contribution is -2.51. The van der Waals surface area contributed by atoms with Gasteiger partial charge in [0.2, 0.25) is 5.91 Å². The minimum absolute atomic E-state index is 0.105. The minimum Gasteiger partial charge on any atom is -0.325 e. The number of benzene rings is 1. The third-order valence-electron chi connectivity index (χ3n) is 4.16. The summed E-state index contributed by atoms with van der Waals surface area (Å²) in [6.45, 7) is 1.58. The van der Waals surface area contributed by atoms with Crippen LogP contribution in [0.2, 0.25) is 0 Å². The molecule has 2 aromatic rings. The van der Waals surface area contributed by atoms with Crippen molar-refractivity contribution < 1.29 is 27.2 Å². The second-order valence-electron chi connectivity index (χ2n) is 6.28. The van der Waals surface area contributed by atoms with E-state index >= 15 is 0 Å². The van der Waals surface area contributed by atoms with E-state index in [1.165, 1.54) is 29.2 Å². The molecule has 0 atom stereocenters. The van der Waals surface area contributed by atoms with Crippen molar-refractivity contribution in [2.45, 2.75) is 6.18 Å². The number of carbonyl (C=O) groups excluding carboxylic acids is 2. The maximum atomic E-state index is 12.9. The van der Waals surface area contributed by atoms with Crippen molar-refractivity contribution in [1.82, 2.24) is 14.8 Å². The van der Waals surface area contributed by atoms with E-state index < -0.39 is 23.7 Å². The Morgan fingerprint density at radius 3 is 2.31 bits per heavy atom. The zero-order chi connectivity index (χ0) is 21.0. The molecule has 3 amide bonds. The van der Waals surface area contributed by atoms with Gasteiger partial charge in [0.25, 0.3) is 0 Å². The van der Waals surface area contributed by atoms with Crippen LogP contribution in [0.3, 0.4) is 0 Å². The predicted molar refractivity (Wildman–Crippen MR) is 99.2 cm³/mol. The second-order valence-corrected chi connectivity index (χ2v) is 7.14. The smallest absolute Gasteiger partial charge is 0.325 e. The molecule has 0 bridgehead atoms. The van der Waals surface area contributed by atoms with Crippen molar-refractivity contribution in [2.24, 2.45) is 0 Å². The summed E-state index contributed by atoms with van der Waals surface area (Å²) in [6.07, 6.45) is -4.56. The van der Waals surface area contributed by atoms with Crippen LogP contribution in [0.15, 0.2) is 29.6 Å². The number of nitrogens with one attached hydrogen (secondary N) is 2. The van der Waals surface area contributed by atoms with E-state index in [4.69, 9.17) is 0 Å². The molecule has 156 valence electrons. The van der Waals surface area contributed by atoms with Gasteiger partial charge in [0.15, 0.2) is 10.8 Å². The van der Waals surface area contributed by atoms with Crippen molar-refractivity contribution in [3.05, 3.63) is 41.2 Å². The first-order valence-electron chi connectivity index (χ1n) is 8.57. The van der Waals surface area contributed by atoms with Crippen molar-refractivity contribution >= 4 is 34.1 Å². The molecule has 12 heteroatoms. The summed E-state index contributed by atoms with van der Waals surface area (Å²) in [5, 5.41) is 5.74. The number of rotatable bonds is 4. The largest absolute Gasteiger partial charge is 0.434 e. The fraction of sp³-hybridized carbons (Fsp3) is 0.353. The first kappa shape index (κ1) is 21.0. The molecule has 1 aromatic heterocycles. The predicted octanol–water partition coefficient (Wildman–Crippen LogP) is 3.09.